The lowest BCUT2D eigenvalue weighted by Gasteiger charge is -2.32. The fourth-order valence-electron chi connectivity index (χ4n) is 8.32. The predicted octanol–water partition coefficient (Wildman–Crippen LogP) is 15.4. The van der Waals surface area contributed by atoms with Crippen molar-refractivity contribution < 1.29 is 8.22 Å². The molecule has 0 unspecified atom stereocenters. The van der Waals surface area contributed by atoms with Crippen LogP contribution in [0.5, 0.6) is 0 Å². The van der Waals surface area contributed by atoms with E-state index in [4.69, 9.17) is 8.22 Å². The van der Waals surface area contributed by atoms with Crippen molar-refractivity contribution >= 4 is 29.2 Å². The lowest BCUT2D eigenvalue weighted by Crippen LogP contribution is -2.16. The molecular weight excluding hydrogens is 675 g/mol. The minimum atomic E-state index is -0.517. The first kappa shape index (κ1) is 28.5. The second-order valence-electron chi connectivity index (χ2n) is 14.8. The van der Waals surface area contributed by atoms with Gasteiger partial charge in [0.1, 0.15) is 0 Å². The molecule has 0 heterocycles. The zero-order valence-electron chi connectivity index (χ0n) is 37.3. The summed E-state index contributed by atoms with van der Waals surface area (Å²) >= 11 is 0. The molecule has 0 spiro atoms. The van der Waals surface area contributed by atoms with Crippen molar-refractivity contribution in [2.45, 2.75) is 19.3 Å². The fourth-order valence-corrected chi connectivity index (χ4v) is 8.32. The van der Waals surface area contributed by atoms with Crippen molar-refractivity contribution in [2.75, 3.05) is 4.90 Å². The Morgan fingerprint density at radius 2 is 0.893 bits per heavy atom. The van der Waals surface area contributed by atoms with Crippen molar-refractivity contribution in [3.63, 3.8) is 0 Å². The number of fused-ring (bicyclic) bond motifs is 3. The van der Waals surface area contributed by atoms with E-state index < -0.39 is 13.1 Å². The fraction of sp³-hybridized carbons (Fsp3) is 0.0545. The van der Waals surface area contributed by atoms with Crippen LogP contribution in [0.2, 0.25) is 0 Å². The maximum Gasteiger partial charge on any atom is 0.0623 e. The summed E-state index contributed by atoms with van der Waals surface area (Å²) in [5.74, 6) is 0. The Morgan fingerprint density at radius 1 is 0.429 bits per heavy atom. The summed E-state index contributed by atoms with van der Waals surface area (Å²) in [6, 6.07) is 64.3. The lowest BCUT2D eigenvalue weighted by molar-refractivity contribution is 0.660. The van der Waals surface area contributed by atoms with E-state index in [2.05, 4.69) is 146 Å². The highest BCUT2D eigenvalue weighted by Crippen LogP contribution is 2.56. The third-order valence-electron chi connectivity index (χ3n) is 11.2. The predicted molar refractivity (Wildman–Crippen MR) is 241 cm³/mol. The summed E-state index contributed by atoms with van der Waals surface area (Å²) in [5, 5.41) is 0. The largest absolute Gasteiger partial charge is 0.309 e. The average Bonchev–Trinajstić information content (AvgIpc) is 3.55. The Labute approximate surface area is 339 Å². The topological polar surface area (TPSA) is 3.24 Å². The summed E-state index contributed by atoms with van der Waals surface area (Å²) in [6.07, 6.45) is 0. The first-order valence-electron chi connectivity index (χ1n) is 21.9. The van der Waals surface area contributed by atoms with Gasteiger partial charge in [0, 0.05) is 22.1 Å². The number of nitrogens with zero attached hydrogens (tertiary/aromatic N) is 1. The maximum absolute atomic E-state index is 8.21. The van der Waals surface area contributed by atoms with Gasteiger partial charge in [-0.25, -0.2) is 0 Å². The molecule has 0 fully saturated rings. The van der Waals surface area contributed by atoms with Crippen LogP contribution in [0.25, 0.3) is 67.7 Å². The van der Waals surface area contributed by atoms with E-state index in [9.17, 15) is 0 Å². The first-order valence-corrected chi connectivity index (χ1v) is 18.9. The molecule has 0 atom stereocenters. The molecule has 1 aliphatic rings. The summed E-state index contributed by atoms with van der Waals surface area (Å²) in [5.41, 5.74) is 16.9. The summed E-state index contributed by atoms with van der Waals surface area (Å²) in [4.78, 5) is 2.42. The minimum Gasteiger partial charge on any atom is -0.309 e. The molecule has 9 rings (SSSR count). The third-order valence-corrected chi connectivity index (χ3v) is 11.2. The van der Waals surface area contributed by atoms with Gasteiger partial charge in [-0.3, -0.25) is 0 Å². The van der Waals surface area contributed by atoms with Gasteiger partial charge >= 0.3 is 0 Å². The molecule has 0 saturated heterocycles. The van der Waals surface area contributed by atoms with E-state index in [-0.39, 0.29) is 17.5 Å². The van der Waals surface area contributed by atoms with Crippen molar-refractivity contribution in [3.05, 3.63) is 223 Å². The highest BCUT2D eigenvalue weighted by Gasteiger charge is 2.38. The highest BCUT2D eigenvalue weighted by molar-refractivity contribution is 6.01. The number of anilines is 3. The van der Waals surface area contributed by atoms with Gasteiger partial charge in [0.15, 0.2) is 0 Å². The summed E-state index contributed by atoms with van der Waals surface area (Å²) < 4.78 is 47.1. The van der Waals surface area contributed by atoms with Crippen LogP contribution in [0.3, 0.4) is 0 Å². The molecule has 0 amide bonds. The molecule has 8 aromatic carbocycles. The van der Waals surface area contributed by atoms with E-state index in [1.54, 1.807) is 0 Å². The molecule has 0 bridgehead atoms. The van der Waals surface area contributed by atoms with E-state index in [0.29, 0.717) is 11.1 Å². The van der Waals surface area contributed by atoms with Gasteiger partial charge in [-0.05, 0) is 91.5 Å². The van der Waals surface area contributed by atoms with Gasteiger partial charge in [-0.2, -0.15) is 0 Å². The molecule has 8 aromatic rings. The summed E-state index contributed by atoms with van der Waals surface area (Å²) in [6.45, 7) is 3.58. The van der Waals surface area contributed by atoms with Crippen LogP contribution in [-0.4, -0.2) is 0 Å². The van der Waals surface area contributed by atoms with Gasteiger partial charge in [0.05, 0.1) is 25.3 Å². The lowest BCUT2D eigenvalue weighted by atomic mass is 9.82. The van der Waals surface area contributed by atoms with Crippen LogP contribution in [0.4, 0.5) is 17.1 Å². The Kier molecular flexibility index (Phi) is 7.30. The molecule has 0 aliphatic heterocycles. The zero-order valence-corrected chi connectivity index (χ0v) is 31.3. The standard InChI is InChI=1S/C55H43N/c1-5-38-24-28-40(29-25-38)44-32-34-51(47(36-44)42-16-9-7-10-17-42)56(53-23-15-22-50-54(53)46-20-13-14-21-49(46)55(50,3)4)52-35-33-45(41-30-26-39(6-2)27-31-41)37-48(52)43-18-11-8-12-19-43/h5-37H,1-2H2,3-4H3/i1D2,2D2,5D,6D. The molecule has 1 heteroatoms. The third kappa shape index (κ3) is 6.08. The molecule has 1 aliphatic carbocycles. The minimum absolute atomic E-state index is 0.115. The first-order chi connectivity index (χ1) is 30.0. The van der Waals surface area contributed by atoms with E-state index in [1.165, 1.54) is 22.3 Å². The average molecular weight is 724 g/mol. The van der Waals surface area contributed by atoms with Crippen LogP contribution < -0.4 is 4.90 Å². The Balaban J connectivity index is 1.32. The van der Waals surface area contributed by atoms with Crippen LogP contribution in [0, 0.1) is 0 Å². The van der Waals surface area contributed by atoms with Crippen molar-refractivity contribution in [3.8, 4) is 55.6 Å². The van der Waals surface area contributed by atoms with Gasteiger partial charge in [0.2, 0.25) is 0 Å². The Morgan fingerprint density at radius 3 is 1.41 bits per heavy atom. The number of rotatable bonds is 9. The Bertz CT molecular complexity index is 2860. The smallest absolute Gasteiger partial charge is 0.0623 e. The molecule has 0 radical (unpaired) electrons. The molecule has 0 N–H and O–H groups in total. The normalized spacial score (nSPS) is 13.8. The maximum atomic E-state index is 8.21. The number of benzene rings is 8. The van der Waals surface area contributed by atoms with Crippen molar-refractivity contribution in [1.82, 2.24) is 0 Å². The Hall–Kier alpha value is -6.96. The molecule has 268 valence electrons. The number of hydrogen-bond acceptors (Lipinski definition) is 1. The van der Waals surface area contributed by atoms with Gasteiger partial charge in [-0.15, -0.1) is 0 Å². The quantitative estimate of drug-likeness (QED) is 0.143. The second-order valence-corrected chi connectivity index (χ2v) is 14.8. The van der Waals surface area contributed by atoms with E-state index in [1.807, 2.05) is 60.7 Å². The van der Waals surface area contributed by atoms with E-state index in [0.717, 1.165) is 61.6 Å². The van der Waals surface area contributed by atoms with Crippen LogP contribution in [-0.2, 0) is 5.41 Å². The molecule has 0 saturated carbocycles. The molecule has 56 heavy (non-hydrogen) atoms. The van der Waals surface area contributed by atoms with Crippen LogP contribution in [0.1, 0.15) is 44.3 Å². The number of hydrogen-bond donors (Lipinski definition) is 0. The van der Waals surface area contributed by atoms with Gasteiger partial charge < -0.3 is 4.90 Å². The molecule has 0 aromatic heterocycles. The van der Waals surface area contributed by atoms with Crippen LogP contribution in [0.15, 0.2) is 201 Å². The van der Waals surface area contributed by atoms with Crippen molar-refractivity contribution in [2.24, 2.45) is 0 Å². The summed E-state index contributed by atoms with van der Waals surface area (Å²) in [7, 11) is 0. The molecular formula is C55H43N. The van der Waals surface area contributed by atoms with Crippen LogP contribution >= 0.6 is 0 Å². The van der Waals surface area contributed by atoms with E-state index >= 15 is 0 Å². The van der Waals surface area contributed by atoms with Gasteiger partial charge in [0.25, 0.3) is 0 Å². The molecule has 1 nitrogen and oxygen atoms in total. The zero-order chi connectivity index (χ0) is 43.1. The van der Waals surface area contributed by atoms with Crippen molar-refractivity contribution in [1.29, 1.82) is 0 Å². The second kappa shape index (κ2) is 14.4. The monoisotopic (exact) mass is 723 g/mol. The van der Waals surface area contributed by atoms with Gasteiger partial charge in [-0.1, -0.05) is 197 Å². The SMILES string of the molecule is [2H]C([2H])=C([2H])c1ccc(-c2ccc(N(c3ccc(-c4ccc(C([2H])=C([2H])[2H])cc4)cc3-c3ccccc3)c3cccc4c3-c3ccccc3C4(C)C)c(-c3ccccc3)c2)cc1. The highest BCUT2D eigenvalue weighted by atomic mass is 15.2.